The second-order valence-electron chi connectivity index (χ2n) is 4.14. The Bertz CT molecular complexity index is 566. The molecule has 0 unspecified atom stereocenters. The van der Waals surface area contributed by atoms with Crippen molar-refractivity contribution < 1.29 is 13.9 Å². The molecule has 100 valence electrons. The highest BCUT2D eigenvalue weighted by atomic mass is 79.9. The first kappa shape index (κ1) is 13.7. The number of hydrogen-bond acceptors (Lipinski definition) is 3. The molecule has 1 aromatic heterocycles. The zero-order valence-electron chi connectivity index (χ0n) is 10.7. The van der Waals surface area contributed by atoms with Gasteiger partial charge in [0.05, 0.1) is 25.2 Å². The van der Waals surface area contributed by atoms with Gasteiger partial charge in [-0.2, -0.15) is 0 Å². The van der Waals surface area contributed by atoms with Crippen molar-refractivity contribution in [2.24, 2.45) is 0 Å². The number of halogens is 1. The molecule has 2 rings (SSSR count). The number of carbonyl (C=O) groups is 1. The zero-order chi connectivity index (χ0) is 13.8. The Kier molecular flexibility index (Phi) is 4.27. The monoisotopic (exact) mass is 323 g/mol. The molecule has 0 bridgehead atoms. The second-order valence-corrected chi connectivity index (χ2v) is 5.05. The highest BCUT2D eigenvalue weighted by Crippen LogP contribution is 2.24. The maximum Gasteiger partial charge on any atom is 0.257 e. The number of ether oxygens (including phenoxy) is 1. The third-order valence-electron chi connectivity index (χ3n) is 2.74. The molecule has 1 heterocycles. The molecule has 0 radical (unpaired) electrons. The molecule has 0 aliphatic heterocycles. The Morgan fingerprint density at radius 1 is 1.42 bits per heavy atom. The van der Waals surface area contributed by atoms with Crippen LogP contribution in [0, 0.1) is 0 Å². The lowest BCUT2D eigenvalue weighted by Gasteiger charge is -2.18. The molecule has 0 saturated heterocycles. The SMILES string of the molecule is COc1cc(Br)ccc1C(=O)N(C)Cc1ccoc1. The molecular formula is C14H14BrNO3. The van der Waals surface area contributed by atoms with Crippen molar-refractivity contribution in [3.05, 3.63) is 52.4 Å². The van der Waals surface area contributed by atoms with Crippen LogP contribution in [-0.2, 0) is 6.54 Å². The highest BCUT2D eigenvalue weighted by Gasteiger charge is 2.17. The standard InChI is InChI=1S/C14H14BrNO3/c1-16(8-10-5-6-19-9-10)14(17)12-4-3-11(15)7-13(12)18-2/h3-7,9H,8H2,1-2H3. The lowest BCUT2D eigenvalue weighted by molar-refractivity contribution is 0.0781. The van der Waals surface area contributed by atoms with Crippen LogP contribution in [0.3, 0.4) is 0 Å². The third-order valence-corrected chi connectivity index (χ3v) is 3.23. The summed E-state index contributed by atoms with van der Waals surface area (Å²) in [6.07, 6.45) is 3.22. The summed E-state index contributed by atoms with van der Waals surface area (Å²) < 4.78 is 11.1. The molecule has 1 amide bonds. The van der Waals surface area contributed by atoms with Crippen LogP contribution >= 0.6 is 15.9 Å². The van der Waals surface area contributed by atoms with Crippen molar-refractivity contribution in [2.75, 3.05) is 14.2 Å². The zero-order valence-corrected chi connectivity index (χ0v) is 12.3. The topological polar surface area (TPSA) is 42.7 Å². The van der Waals surface area contributed by atoms with Crippen molar-refractivity contribution in [1.82, 2.24) is 4.90 Å². The third kappa shape index (κ3) is 3.17. The number of amides is 1. The fraction of sp³-hybridized carbons (Fsp3) is 0.214. The maximum absolute atomic E-state index is 12.4. The number of hydrogen-bond donors (Lipinski definition) is 0. The van der Waals surface area contributed by atoms with E-state index in [4.69, 9.17) is 9.15 Å². The van der Waals surface area contributed by atoms with Crippen molar-refractivity contribution >= 4 is 21.8 Å². The number of rotatable bonds is 4. The first-order valence-electron chi connectivity index (χ1n) is 5.72. The van der Waals surface area contributed by atoms with E-state index in [2.05, 4.69) is 15.9 Å². The van der Waals surface area contributed by atoms with E-state index in [1.165, 1.54) is 0 Å². The smallest absolute Gasteiger partial charge is 0.257 e. The van der Waals surface area contributed by atoms with E-state index in [1.807, 2.05) is 12.1 Å². The van der Waals surface area contributed by atoms with Gasteiger partial charge in [0.2, 0.25) is 0 Å². The van der Waals surface area contributed by atoms with E-state index in [0.717, 1.165) is 10.0 Å². The van der Waals surface area contributed by atoms with E-state index >= 15 is 0 Å². The van der Waals surface area contributed by atoms with Crippen LogP contribution in [0.5, 0.6) is 5.75 Å². The molecule has 2 aromatic rings. The lowest BCUT2D eigenvalue weighted by atomic mass is 10.1. The van der Waals surface area contributed by atoms with Crippen LogP contribution in [0.15, 0.2) is 45.7 Å². The summed E-state index contributed by atoms with van der Waals surface area (Å²) in [5.41, 5.74) is 1.49. The second kappa shape index (κ2) is 5.93. The minimum Gasteiger partial charge on any atom is -0.496 e. The predicted octanol–water partition coefficient (Wildman–Crippen LogP) is 3.32. The molecule has 19 heavy (non-hydrogen) atoms. The number of furan rings is 1. The molecular weight excluding hydrogens is 310 g/mol. The lowest BCUT2D eigenvalue weighted by Crippen LogP contribution is -2.26. The van der Waals surface area contributed by atoms with E-state index in [-0.39, 0.29) is 5.91 Å². The number of benzene rings is 1. The summed E-state index contributed by atoms with van der Waals surface area (Å²) in [6, 6.07) is 7.18. The first-order valence-corrected chi connectivity index (χ1v) is 6.51. The van der Waals surface area contributed by atoms with Crippen LogP contribution in [0.25, 0.3) is 0 Å². The summed E-state index contributed by atoms with van der Waals surface area (Å²) in [7, 11) is 3.30. The largest absolute Gasteiger partial charge is 0.496 e. The molecule has 0 aliphatic rings. The number of methoxy groups -OCH3 is 1. The van der Waals surface area contributed by atoms with Gasteiger partial charge in [0, 0.05) is 23.6 Å². The Labute approximate surface area is 120 Å². The van der Waals surface area contributed by atoms with Gasteiger partial charge in [-0.1, -0.05) is 15.9 Å². The molecule has 4 nitrogen and oxygen atoms in total. The van der Waals surface area contributed by atoms with Gasteiger partial charge in [0.25, 0.3) is 5.91 Å². The predicted molar refractivity (Wildman–Crippen MR) is 75.2 cm³/mol. The van der Waals surface area contributed by atoms with E-state index in [0.29, 0.717) is 17.9 Å². The van der Waals surface area contributed by atoms with Gasteiger partial charge in [-0.3, -0.25) is 4.79 Å². The van der Waals surface area contributed by atoms with Crippen molar-refractivity contribution in [3.63, 3.8) is 0 Å². The van der Waals surface area contributed by atoms with Crippen LogP contribution in [0.4, 0.5) is 0 Å². The van der Waals surface area contributed by atoms with Crippen LogP contribution in [0.1, 0.15) is 15.9 Å². The molecule has 0 aliphatic carbocycles. The van der Waals surface area contributed by atoms with E-state index < -0.39 is 0 Å². The van der Waals surface area contributed by atoms with Crippen molar-refractivity contribution in [3.8, 4) is 5.75 Å². The summed E-state index contributed by atoms with van der Waals surface area (Å²) in [5, 5.41) is 0. The molecule has 5 heteroatoms. The van der Waals surface area contributed by atoms with Crippen molar-refractivity contribution in [1.29, 1.82) is 0 Å². The molecule has 0 fully saturated rings. The Morgan fingerprint density at radius 3 is 2.84 bits per heavy atom. The molecule has 1 aromatic carbocycles. The average Bonchev–Trinajstić information content (AvgIpc) is 2.90. The molecule has 0 atom stereocenters. The summed E-state index contributed by atoms with van der Waals surface area (Å²) in [5.74, 6) is 0.462. The maximum atomic E-state index is 12.4. The summed E-state index contributed by atoms with van der Waals surface area (Å²) in [4.78, 5) is 14.0. The minimum absolute atomic E-state index is 0.0921. The molecule has 0 saturated carbocycles. The quantitative estimate of drug-likeness (QED) is 0.866. The first-order chi connectivity index (χ1) is 9.11. The van der Waals surface area contributed by atoms with Gasteiger partial charge >= 0.3 is 0 Å². The normalized spacial score (nSPS) is 10.3. The molecule has 0 spiro atoms. The van der Waals surface area contributed by atoms with Crippen molar-refractivity contribution in [2.45, 2.75) is 6.54 Å². The number of carbonyl (C=O) groups excluding carboxylic acids is 1. The van der Waals surface area contributed by atoms with Gasteiger partial charge in [-0.25, -0.2) is 0 Å². The van der Waals surface area contributed by atoms with Gasteiger partial charge in [0.15, 0.2) is 0 Å². The average molecular weight is 324 g/mol. The van der Waals surface area contributed by atoms with E-state index in [9.17, 15) is 4.79 Å². The summed E-state index contributed by atoms with van der Waals surface area (Å²) >= 11 is 3.35. The molecule has 0 N–H and O–H groups in total. The van der Waals surface area contributed by atoms with Crippen LogP contribution in [0.2, 0.25) is 0 Å². The summed E-state index contributed by atoms with van der Waals surface area (Å²) in [6.45, 7) is 0.495. The van der Waals surface area contributed by atoms with Gasteiger partial charge in [0.1, 0.15) is 5.75 Å². The highest BCUT2D eigenvalue weighted by molar-refractivity contribution is 9.10. The Morgan fingerprint density at radius 2 is 2.21 bits per heavy atom. The van der Waals surface area contributed by atoms with Gasteiger partial charge < -0.3 is 14.1 Å². The van der Waals surface area contributed by atoms with Gasteiger partial charge in [-0.05, 0) is 24.3 Å². The number of nitrogens with zero attached hydrogens (tertiary/aromatic N) is 1. The van der Waals surface area contributed by atoms with E-state index in [1.54, 1.807) is 43.7 Å². The minimum atomic E-state index is -0.0921. The fourth-order valence-electron chi connectivity index (χ4n) is 1.78. The fourth-order valence-corrected chi connectivity index (χ4v) is 2.12. The van der Waals surface area contributed by atoms with Crippen LogP contribution in [-0.4, -0.2) is 25.0 Å². The Hall–Kier alpha value is -1.75. The Balaban J connectivity index is 2.19. The van der Waals surface area contributed by atoms with Gasteiger partial charge in [-0.15, -0.1) is 0 Å². The van der Waals surface area contributed by atoms with Crippen LogP contribution < -0.4 is 4.74 Å².